The average Bonchev–Trinajstić information content (AvgIpc) is 3.95. The van der Waals surface area contributed by atoms with Gasteiger partial charge in [0.2, 0.25) is 0 Å². The summed E-state index contributed by atoms with van der Waals surface area (Å²) in [6, 6.07) is 63.8. The SMILES string of the molecule is c1ccc(C2=NC(c3ccc4oc5cc(-c6ccc7oc8cccc(-n9c%10ccccc%10c%10ccccc%109)c8c7c6)ccc5c4c3)NC(c3ccccc3)N2)cc1. The first kappa shape index (κ1) is 31.9. The van der Waals surface area contributed by atoms with Crippen molar-refractivity contribution < 1.29 is 8.83 Å². The fourth-order valence-corrected chi connectivity index (χ4v) is 8.79. The number of amidine groups is 1. The van der Waals surface area contributed by atoms with Gasteiger partial charge in [0.25, 0.3) is 0 Å². The third kappa shape index (κ3) is 5.12. The van der Waals surface area contributed by atoms with Gasteiger partial charge in [0.05, 0.1) is 22.1 Å². The highest BCUT2D eigenvalue weighted by molar-refractivity contribution is 6.15. The Morgan fingerprint density at radius 1 is 0.439 bits per heavy atom. The molecular formula is C51H34N4O2. The van der Waals surface area contributed by atoms with Crippen LogP contribution in [0.15, 0.2) is 196 Å². The van der Waals surface area contributed by atoms with Crippen LogP contribution in [-0.4, -0.2) is 10.4 Å². The molecule has 3 aromatic heterocycles. The van der Waals surface area contributed by atoms with Gasteiger partial charge in [0.1, 0.15) is 40.5 Å². The molecule has 57 heavy (non-hydrogen) atoms. The Kier molecular flexibility index (Phi) is 7.03. The van der Waals surface area contributed by atoms with E-state index in [1.54, 1.807) is 0 Å². The number of benzene rings is 8. The number of para-hydroxylation sites is 2. The number of hydrogen-bond donors (Lipinski definition) is 2. The molecule has 1 aliphatic heterocycles. The molecule has 2 atom stereocenters. The Morgan fingerprint density at radius 3 is 1.91 bits per heavy atom. The van der Waals surface area contributed by atoms with Crippen LogP contribution < -0.4 is 10.6 Å². The van der Waals surface area contributed by atoms with Gasteiger partial charge < -0.3 is 18.7 Å². The van der Waals surface area contributed by atoms with Crippen molar-refractivity contribution in [1.82, 2.24) is 15.2 Å². The fourth-order valence-electron chi connectivity index (χ4n) is 8.79. The number of nitrogens with one attached hydrogen (secondary N) is 2. The minimum atomic E-state index is -0.260. The lowest BCUT2D eigenvalue weighted by atomic mass is 10.00. The molecule has 0 saturated heterocycles. The number of fused-ring (bicyclic) bond motifs is 9. The second kappa shape index (κ2) is 12.6. The monoisotopic (exact) mass is 734 g/mol. The van der Waals surface area contributed by atoms with E-state index in [2.05, 4.69) is 173 Å². The van der Waals surface area contributed by atoms with Crippen molar-refractivity contribution in [2.24, 2.45) is 4.99 Å². The second-order valence-corrected chi connectivity index (χ2v) is 14.8. The van der Waals surface area contributed by atoms with E-state index < -0.39 is 0 Å². The summed E-state index contributed by atoms with van der Waals surface area (Å²) < 4.78 is 15.4. The highest BCUT2D eigenvalue weighted by Gasteiger charge is 2.26. The van der Waals surface area contributed by atoms with Crippen LogP contribution in [0.2, 0.25) is 0 Å². The Morgan fingerprint density at radius 2 is 1.11 bits per heavy atom. The van der Waals surface area contributed by atoms with Crippen LogP contribution in [0, 0.1) is 0 Å². The molecule has 8 aromatic carbocycles. The smallest absolute Gasteiger partial charge is 0.137 e. The zero-order valence-corrected chi connectivity index (χ0v) is 30.7. The van der Waals surface area contributed by atoms with Crippen molar-refractivity contribution in [1.29, 1.82) is 0 Å². The highest BCUT2D eigenvalue weighted by atomic mass is 16.3. The normalized spacial score (nSPS) is 15.9. The van der Waals surface area contributed by atoms with Gasteiger partial charge >= 0.3 is 0 Å². The summed E-state index contributed by atoms with van der Waals surface area (Å²) in [7, 11) is 0. The van der Waals surface area contributed by atoms with E-state index in [0.29, 0.717) is 0 Å². The lowest BCUT2D eigenvalue weighted by Crippen LogP contribution is -2.44. The maximum atomic E-state index is 6.54. The molecule has 4 heterocycles. The Labute approximate surface area is 327 Å². The standard InChI is InChI=1S/C51H34N4O2/c1-3-12-31(13-4-1)49-52-50(32-14-5-2-6-15-32)54-51(53-49)35-24-27-44-39(29-35)38-25-22-34(30-47(38)57-44)33-23-26-45-40(28-33)48-43(20-11-21-46(48)56-45)55-41-18-9-7-16-36(41)37-17-8-10-19-42(37)55/h1-30,49,51,53H,(H,52,54). The third-order valence-electron chi connectivity index (χ3n) is 11.5. The summed E-state index contributed by atoms with van der Waals surface area (Å²) in [5, 5.41) is 14.1. The van der Waals surface area contributed by atoms with Gasteiger partial charge in [0, 0.05) is 32.5 Å². The van der Waals surface area contributed by atoms with Gasteiger partial charge in [-0.25, -0.2) is 4.99 Å². The first-order valence-corrected chi connectivity index (χ1v) is 19.3. The summed E-state index contributed by atoms with van der Waals surface area (Å²) in [6.45, 7) is 0. The predicted octanol–water partition coefficient (Wildman–Crippen LogP) is 12.6. The van der Waals surface area contributed by atoms with E-state index in [-0.39, 0.29) is 12.3 Å². The van der Waals surface area contributed by atoms with E-state index >= 15 is 0 Å². The minimum absolute atomic E-state index is 0.106. The van der Waals surface area contributed by atoms with Crippen molar-refractivity contribution >= 4 is 71.5 Å². The summed E-state index contributed by atoms with van der Waals surface area (Å²) in [5.41, 5.74) is 12.3. The van der Waals surface area contributed by atoms with Crippen molar-refractivity contribution in [3.8, 4) is 16.8 Å². The molecule has 6 nitrogen and oxygen atoms in total. The fraction of sp³-hybridized carbons (Fsp3) is 0.0392. The molecule has 0 saturated carbocycles. The first-order valence-electron chi connectivity index (χ1n) is 19.3. The number of hydrogen-bond acceptors (Lipinski definition) is 5. The predicted molar refractivity (Wildman–Crippen MR) is 232 cm³/mol. The number of aliphatic imine (C=N–C) groups is 1. The van der Waals surface area contributed by atoms with Crippen LogP contribution in [0.25, 0.3) is 82.5 Å². The van der Waals surface area contributed by atoms with Crippen molar-refractivity contribution in [3.63, 3.8) is 0 Å². The molecule has 0 fully saturated rings. The van der Waals surface area contributed by atoms with Gasteiger partial charge in [-0.05, 0) is 82.9 Å². The number of rotatable bonds is 5. The molecule has 0 bridgehead atoms. The molecule has 11 aromatic rings. The van der Waals surface area contributed by atoms with Crippen molar-refractivity contribution in [2.75, 3.05) is 0 Å². The molecule has 2 unspecified atom stereocenters. The van der Waals surface area contributed by atoms with E-state index in [1.807, 2.05) is 24.3 Å². The van der Waals surface area contributed by atoms with Crippen LogP contribution >= 0.6 is 0 Å². The molecule has 270 valence electrons. The molecule has 0 amide bonds. The maximum absolute atomic E-state index is 6.54. The van der Waals surface area contributed by atoms with E-state index in [1.165, 1.54) is 21.8 Å². The molecule has 6 heteroatoms. The Bertz CT molecular complexity index is 3320. The van der Waals surface area contributed by atoms with Crippen LogP contribution in [0.5, 0.6) is 0 Å². The lowest BCUT2D eigenvalue weighted by Gasteiger charge is -2.32. The third-order valence-corrected chi connectivity index (χ3v) is 11.5. The number of nitrogens with zero attached hydrogens (tertiary/aromatic N) is 2. The molecular weight excluding hydrogens is 701 g/mol. The van der Waals surface area contributed by atoms with Gasteiger partial charge in [-0.3, -0.25) is 5.32 Å². The van der Waals surface area contributed by atoms with Gasteiger partial charge in [-0.15, -0.1) is 0 Å². The Balaban J connectivity index is 0.949. The minimum Gasteiger partial charge on any atom is -0.456 e. The van der Waals surface area contributed by atoms with E-state index in [9.17, 15) is 0 Å². The van der Waals surface area contributed by atoms with Crippen LogP contribution in [0.1, 0.15) is 29.0 Å². The van der Waals surface area contributed by atoms with Crippen LogP contribution in [-0.2, 0) is 0 Å². The summed E-state index contributed by atoms with van der Waals surface area (Å²) >= 11 is 0. The van der Waals surface area contributed by atoms with Crippen molar-refractivity contribution in [2.45, 2.75) is 12.3 Å². The number of furan rings is 2. The summed E-state index contributed by atoms with van der Waals surface area (Å²) in [4.78, 5) is 5.17. The Hall–Kier alpha value is -7.41. The first-order chi connectivity index (χ1) is 28.2. The average molecular weight is 735 g/mol. The molecule has 0 aliphatic carbocycles. The van der Waals surface area contributed by atoms with Crippen molar-refractivity contribution in [3.05, 3.63) is 199 Å². The molecule has 1 aliphatic rings. The lowest BCUT2D eigenvalue weighted by molar-refractivity contribution is 0.409. The largest absolute Gasteiger partial charge is 0.456 e. The van der Waals surface area contributed by atoms with Gasteiger partial charge in [-0.2, -0.15) is 0 Å². The molecule has 0 spiro atoms. The number of aromatic nitrogens is 1. The summed E-state index contributed by atoms with van der Waals surface area (Å²) in [6.07, 6.45) is -0.366. The zero-order valence-electron chi connectivity index (χ0n) is 30.7. The molecule has 2 N–H and O–H groups in total. The highest BCUT2D eigenvalue weighted by Crippen LogP contribution is 2.41. The maximum Gasteiger partial charge on any atom is 0.137 e. The quantitative estimate of drug-likeness (QED) is 0.185. The van der Waals surface area contributed by atoms with Crippen LogP contribution in [0.3, 0.4) is 0 Å². The molecule has 0 radical (unpaired) electrons. The van der Waals surface area contributed by atoms with E-state index in [0.717, 1.165) is 83.2 Å². The van der Waals surface area contributed by atoms with E-state index in [4.69, 9.17) is 13.8 Å². The summed E-state index contributed by atoms with van der Waals surface area (Å²) in [5.74, 6) is 0.861. The second-order valence-electron chi connectivity index (χ2n) is 14.8. The van der Waals surface area contributed by atoms with Gasteiger partial charge in [0.15, 0.2) is 0 Å². The van der Waals surface area contributed by atoms with Gasteiger partial charge in [-0.1, -0.05) is 121 Å². The molecule has 12 rings (SSSR count). The van der Waals surface area contributed by atoms with Crippen LogP contribution in [0.4, 0.5) is 0 Å². The zero-order chi connectivity index (χ0) is 37.5. The topological polar surface area (TPSA) is 67.6 Å².